The molecular weight excluding hydrogens is 1150 g/mol. The van der Waals surface area contributed by atoms with Gasteiger partial charge in [0.05, 0.1) is 62.7 Å². The first kappa shape index (κ1) is 69.1. The van der Waals surface area contributed by atoms with Gasteiger partial charge in [-0.2, -0.15) is 0 Å². The van der Waals surface area contributed by atoms with Crippen molar-refractivity contribution < 1.29 is 134 Å². The summed E-state index contributed by atoms with van der Waals surface area (Å²) in [6, 6.07) is 0. The molecule has 0 unspecified atom stereocenters. The molecule has 500 valence electrons. The maximum absolute atomic E-state index is 13.5. The standard InChI is InChI=1S/C60H98O27/c1-11-24(2)50(77)87-48-49(80-25(3)64)60(23-63)27(18-55(48,4)5)26-12-13-33-57(8)16-15-34(56(6,7)32(57)14-17-58(33,9)59(26,10)46(75)47(60)76)84-54-45(39(70)37(68)31(83-54)22-79-51-41(72)35(66)28(65)21-78-51)86-53-43(74)40(71)44(30(20-62)82-53)85-52-42(73)38(69)36(67)29(19-61)81-52/h12,24,27-49,51-54,61-63,65-76H,11,13-23H2,1-10H3/t24-,27-,28+,29-,30-,31-,32+,33-,34+,35+,36-,37+,38+,39+,40+,41+,42+,43+,44+,45-,46+,47+,48-,49+,51-,52+,53-,54+,57-,58+,59+,60+/m1/s1. The minimum Gasteiger partial charge on any atom is -0.458 e. The van der Waals surface area contributed by atoms with E-state index in [0.717, 1.165) is 5.57 Å². The summed E-state index contributed by atoms with van der Waals surface area (Å²) in [7, 11) is 0. The predicted molar refractivity (Wildman–Crippen MR) is 295 cm³/mol. The van der Waals surface area contributed by atoms with Gasteiger partial charge in [0.15, 0.2) is 31.3 Å². The summed E-state index contributed by atoms with van der Waals surface area (Å²) in [5.41, 5.74) is -4.73. The van der Waals surface area contributed by atoms with Crippen LogP contribution in [0.15, 0.2) is 11.6 Å². The molecule has 0 aromatic carbocycles. The second kappa shape index (κ2) is 25.6. The highest BCUT2D eigenvalue weighted by molar-refractivity contribution is 5.72. The second-order valence-corrected chi connectivity index (χ2v) is 28.5. The van der Waals surface area contributed by atoms with Crippen molar-refractivity contribution >= 4 is 11.9 Å². The normalized spacial score (nSPS) is 51.6. The molecule has 0 amide bonds. The molecule has 8 fully saturated rings. The molecule has 27 heteroatoms. The Bertz CT molecular complexity index is 2430. The first-order valence-electron chi connectivity index (χ1n) is 30.9. The van der Waals surface area contributed by atoms with Crippen LogP contribution >= 0.6 is 0 Å². The molecule has 9 rings (SSSR count). The van der Waals surface area contributed by atoms with Gasteiger partial charge >= 0.3 is 11.9 Å². The molecule has 87 heavy (non-hydrogen) atoms. The molecule has 4 saturated carbocycles. The maximum atomic E-state index is 13.5. The number of allylic oxidation sites excluding steroid dienone is 1. The van der Waals surface area contributed by atoms with Crippen LogP contribution in [0.1, 0.15) is 114 Å². The predicted octanol–water partition coefficient (Wildman–Crippen LogP) is -2.87. The van der Waals surface area contributed by atoms with E-state index in [-0.39, 0.29) is 11.8 Å². The van der Waals surface area contributed by atoms with Gasteiger partial charge in [-0.05, 0) is 78.9 Å². The van der Waals surface area contributed by atoms with Crippen LogP contribution in [0.25, 0.3) is 0 Å². The van der Waals surface area contributed by atoms with E-state index in [1.807, 2.05) is 41.5 Å². The number of hydrogen-bond acceptors (Lipinski definition) is 27. The number of esters is 2. The highest BCUT2D eigenvalue weighted by Gasteiger charge is 2.76. The average Bonchev–Trinajstić information content (AvgIpc) is 0.668. The van der Waals surface area contributed by atoms with Gasteiger partial charge in [0.25, 0.3) is 0 Å². The van der Waals surface area contributed by atoms with Gasteiger partial charge < -0.3 is 124 Å². The van der Waals surface area contributed by atoms with Crippen LogP contribution in [-0.2, 0) is 57.0 Å². The molecular formula is C60H98O27. The molecule has 9 aliphatic rings. The molecule has 27 nitrogen and oxygen atoms in total. The van der Waals surface area contributed by atoms with E-state index in [1.54, 1.807) is 6.92 Å². The largest absolute Gasteiger partial charge is 0.458 e. The van der Waals surface area contributed by atoms with Crippen molar-refractivity contribution in [3.05, 3.63) is 11.6 Å². The number of aliphatic hydroxyl groups is 15. The van der Waals surface area contributed by atoms with E-state index in [1.165, 1.54) is 6.92 Å². The lowest BCUT2D eigenvalue weighted by Gasteiger charge is -2.73. The molecule has 4 heterocycles. The van der Waals surface area contributed by atoms with Crippen molar-refractivity contribution in [3.8, 4) is 0 Å². The van der Waals surface area contributed by atoms with Crippen molar-refractivity contribution in [2.45, 2.75) is 261 Å². The third kappa shape index (κ3) is 11.4. The van der Waals surface area contributed by atoms with Gasteiger partial charge in [0.1, 0.15) is 97.7 Å². The first-order chi connectivity index (χ1) is 40.7. The lowest BCUT2D eigenvalue weighted by molar-refractivity contribution is -0.392. The Morgan fingerprint density at radius 3 is 1.84 bits per heavy atom. The SMILES string of the molecule is CC[C@@H](C)C(=O)O[C@@H]1[C@H](OC(C)=O)[C@@]2(CO)[C@H](CC1(C)C)C1=CC[C@@H]3[C@]4(C)CC[C@H](O[C@@H]5O[C@H](CO[C@H]6OC[C@H](O)[C@H](O)[C@@H]6O)[C@H](O)[C@H](O)[C@H]5O[C@H]5O[C@H](CO)[C@H](O[C@@H]6O[C@H](CO)[C@@H](O)[C@H](O)[C@@H]6O)[C@@H](O)[C@@H]5O)C(C)(C)[C@@H]4CC[C@]3(C)[C@]1(C)[C@@H](O)[C@@H]2O. The zero-order valence-electron chi connectivity index (χ0n) is 51.3. The zero-order chi connectivity index (χ0) is 64.2. The zero-order valence-corrected chi connectivity index (χ0v) is 51.3. The summed E-state index contributed by atoms with van der Waals surface area (Å²) in [6.07, 6.45) is -33.9. The van der Waals surface area contributed by atoms with Gasteiger partial charge in [-0.15, -0.1) is 0 Å². The van der Waals surface area contributed by atoms with E-state index in [9.17, 15) is 86.2 Å². The van der Waals surface area contributed by atoms with Gasteiger partial charge in [-0.1, -0.05) is 74.0 Å². The van der Waals surface area contributed by atoms with E-state index in [2.05, 4.69) is 19.9 Å². The molecule has 4 aliphatic heterocycles. The minimum absolute atomic E-state index is 0.126. The fourth-order valence-corrected chi connectivity index (χ4v) is 17.5. The summed E-state index contributed by atoms with van der Waals surface area (Å²) in [6.45, 7) is 15.7. The lowest BCUT2D eigenvalue weighted by Crippen LogP contribution is -2.76. The summed E-state index contributed by atoms with van der Waals surface area (Å²) in [5, 5.41) is 167. The Balaban J connectivity index is 0.993. The summed E-state index contributed by atoms with van der Waals surface area (Å²) in [4.78, 5) is 26.6. The van der Waals surface area contributed by atoms with E-state index < -0.39 is 237 Å². The monoisotopic (exact) mass is 1250 g/mol. The van der Waals surface area contributed by atoms with Crippen LogP contribution in [0.3, 0.4) is 0 Å². The van der Waals surface area contributed by atoms with Gasteiger partial charge in [0, 0.05) is 17.8 Å². The third-order valence-electron chi connectivity index (χ3n) is 23.0. The fourth-order valence-electron chi connectivity index (χ4n) is 17.5. The Labute approximate surface area is 506 Å². The number of rotatable bonds is 16. The topological polar surface area (TPSA) is 430 Å². The Hall–Kier alpha value is -2.24. The molecule has 0 spiro atoms. The number of carbonyl (C=O) groups excluding carboxylic acids is 2. The minimum atomic E-state index is -2.07. The first-order valence-corrected chi connectivity index (χ1v) is 30.9. The van der Waals surface area contributed by atoms with Crippen molar-refractivity contribution in [3.63, 3.8) is 0 Å². The highest BCUT2D eigenvalue weighted by Crippen LogP contribution is 2.76. The van der Waals surface area contributed by atoms with E-state index in [4.69, 9.17) is 47.4 Å². The van der Waals surface area contributed by atoms with Crippen molar-refractivity contribution in [2.75, 3.05) is 33.0 Å². The molecule has 0 bridgehead atoms. The molecule has 0 aromatic rings. The quantitative estimate of drug-likeness (QED) is 0.0420. The van der Waals surface area contributed by atoms with Crippen LogP contribution in [0.2, 0.25) is 0 Å². The number of fused-ring (bicyclic) bond motifs is 7. The number of aliphatic hydroxyl groups excluding tert-OH is 15. The molecule has 32 atom stereocenters. The maximum Gasteiger partial charge on any atom is 0.309 e. The van der Waals surface area contributed by atoms with Crippen molar-refractivity contribution in [2.24, 2.45) is 56.2 Å². The average molecular weight is 1250 g/mol. The van der Waals surface area contributed by atoms with Crippen molar-refractivity contribution in [1.82, 2.24) is 0 Å². The summed E-state index contributed by atoms with van der Waals surface area (Å²) < 4.78 is 60.3. The van der Waals surface area contributed by atoms with E-state index in [0.29, 0.717) is 44.9 Å². The highest BCUT2D eigenvalue weighted by atomic mass is 16.8. The Kier molecular flexibility index (Phi) is 20.3. The smallest absolute Gasteiger partial charge is 0.309 e. The van der Waals surface area contributed by atoms with Crippen LogP contribution in [0.5, 0.6) is 0 Å². The fraction of sp³-hybridized carbons (Fsp3) is 0.933. The van der Waals surface area contributed by atoms with Gasteiger partial charge in [-0.25, -0.2) is 0 Å². The molecule has 0 radical (unpaired) electrons. The van der Waals surface area contributed by atoms with Crippen LogP contribution < -0.4 is 0 Å². The van der Waals surface area contributed by atoms with E-state index >= 15 is 0 Å². The number of ether oxygens (including phenoxy) is 10. The van der Waals surface area contributed by atoms with Gasteiger partial charge in [0.2, 0.25) is 0 Å². The second-order valence-electron chi connectivity index (χ2n) is 28.5. The third-order valence-corrected chi connectivity index (χ3v) is 23.0. The molecule has 15 N–H and O–H groups in total. The molecule has 0 aromatic heterocycles. The molecule has 5 aliphatic carbocycles. The van der Waals surface area contributed by atoms with Crippen LogP contribution in [0.4, 0.5) is 0 Å². The van der Waals surface area contributed by atoms with Crippen LogP contribution in [0, 0.1) is 56.2 Å². The van der Waals surface area contributed by atoms with Crippen LogP contribution in [-0.4, -0.2) is 269 Å². The lowest BCUT2D eigenvalue weighted by atomic mass is 9.32. The molecule has 4 saturated heterocycles. The Morgan fingerprint density at radius 1 is 0.632 bits per heavy atom. The van der Waals surface area contributed by atoms with Gasteiger partial charge in [-0.3, -0.25) is 9.59 Å². The summed E-state index contributed by atoms with van der Waals surface area (Å²) >= 11 is 0. The Morgan fingerprint density at radius 2 is 1.22 bits per heavy atom. The number of carbonyl (C=O) groups is 2. The number of hydrogen-bond donors (Lipinski definition) is 15. The van der Waals surface area contributed by atoms with Crippen molar-refractivity contribution in [1.29, 1.82) is 0 Å². The summed E-state index contributed by atoms with van der Waals surface area (Å²) in [5.74, 6) is -2.59.